The summed E-state index contributed by atoms with van der Waals surface area (Å²) < 4.78 is 39.5. The van der Waals surface area contributed by atoms with Crippen LogP contribution in [-0.2, 0) is 54.1 Å². The third-order valence-electron chi connectivity index (χ3n) is 14.7. The van der Waals surface area contributed by atoms with Gasteiger partial charge in [-0.1, -0.05) is 45.5 Å². The lowest BCUT2D eigenvalue weighted by Crippen LogP contribution is -2.62. The lowest BCUT2D eigenvalue weighted by atomic mass is 9.78. The number of methoxy groups -OCH3 is 1. The van der Waals surface area contributed by atoms with Crippen molar-refractivity contribution in [3.63, 3.8) is 0 Å². The quantitative estimate of drug-likeness (QED) is 0.0468. The summed E-state index contributed by atoms with van der Waals surface area (Å²) in [6.07, 6.45) is -0.662. The second-order valence-electron chi connectivity index (χ2n) is 22.3. The molecule has 3 aliphatic rings. The molecule has 1 amide bonds. The van der Waals surface area contributed by atoms with E-state index in [1.807, 2.05) is 71.1 Å². The van der Waals surface area contributed by atoms with Gasteiger partial charge in [0.05, 0.1) is 30.0 Å². The number of anilines is 1. The van der Waals surface area contributed by atoms with Crippen LogP contribution in [0.2, 0.25) is 0 Å². The van der Waals surface area contributed by atoms with Crippen LogP contribution in [0.15, 0.2) is 30.5 Å². The van der Waals surface area contributed by atoms with E-state index in [-0.39, 0.29) is 57.2 Å². The fraction of sp³-hybridized carbons (Fsp3) is 0.759. The molecule has 5 rings (SSSR count). The maximum Gasteiger partial charge on any atom is 0.410 e. The number of aliphatic hydroxyl groups is 1. The summed E-state index contributed by atoms with van der Waals surface area (Å²) in [4.78, 5) is 73.1. The number of fused-ring (bicyclic) bond motifs is 1. The summed E-state index contributed by atoms with van der Waals surface area (Å²) in [5.74, 6) is -4.40. The van der Waals surface area contributed by atoms with Crippen molar-refractivity contribution in [2.24, 2.45) is 17.8 Å². The number of hydrogen-bond donors (Lipinski definition) is 4. The van der Waals surface area contributed by atoms with Crippen molar-refractivity contribution in [3.05, 3.63) is 30.5 Å². The Morgan fingerprint density at radius 1 is 1.09 bits per heavy atom. The van der Waals surface area contributed by atoms with Crippen molar-refractivity contribution in [2.45, 2.75) is 207 Å². The minimum Gasteiger partial charge on any atom is -0.459 e. The molecule has 20 heteroatoms. The van der Waals surface area contributed by atoms with E-state index in [0.29, 0.717) is 56.6 Å². The maximum atomic E-state index is 14.7. The molecule has 0 radical (unpaired) electrons. The van der Waals surface area contributed by atoms with E-state index < -0.39 is 95.2 Å². The molecule has 14 atom stereocenters. The van der Waals surface area contributed by atoms with Gasteiger partial charge in [0.1, 0.15) is 41.2 Å². The first kappa shape index (κ1) is 62.0. The van der Waals surface area contributed by atoms with Gasteiger partial charge in [-0.15, -0.1) is 5.10 Å². The number of aromatic nitrogens is 3. The minimum atomic E-state index is -1.44. The van der Waals surface area contributed by atoms with Crippen LogP contribution in [0.25, 0.3) is 11.3 Å². The Balaban J connectivity index is 0.0000119. The standard InChI is InChI=1S/C53H86N8O12.CH4/c1-15-42-53(11)45(61(50(67)73-53)24-17-16-23-60-30-40(57-58-60)36-19-18-20-37(54)27-36)38(21-22-55-39(25-32(3)62)48(66)72-51(7,8)9)56-29-31(2)28-52(10,68-14)46(34(5)43(63)35(6)47(65)70-42)71-49-44(64)41(59(12)13)26-33(4)69-49;/h18-20,27,30-31,33-35,38-39,41-42,44-46,49,55-56,64H,15-17,21-26,28-29,54H2,1-14H3;1H4/t31-,33?,34+,35-,38-,39-,41?,42-,44?,45-,46-,49+,52-,53-;/m1./s1. The second kappa shape index (κ2) is 26.5. The molecule has 0 aliphatic carbocycles. The number of nitrogens with zero attached hydrogens (tertiary/aromatic N) is 5. The lowest BCUT2D eigenvalue weighted by molar-refractivity contribution is -0.295. The number of cyclic esters (lactones) is 1. The van der Waals surface area contributed by atoms with Crippen LogP contribution in [-0.4, -0.2) is 172 Å². The van der Waals surface area contributed by atoms with E-state index in [0.717, 1.165) is 5.56 Å². The Kier molecular flexibility index (Phi) is 22.2. The van der Waals surface area contributed by atoms with Crippen LogP contribution >= 0.6 is 0 Å². The summed E-state index contributed by atoms with van der Waals surface area (Å²) >= 11 is 0. The summed E-state index contributed by atoms with van der Waals surface area (Å²) in [7, 11) is 5.32. The average Bonchev–Trinajstić information content (AvgIpc) is 3.89. The molecule has 74 heavy (non-hydrogen) atoms. The molecule has 418 valence electrons. The van der Waals surface area contributed by atoms with E-state index in [1.165, 1.54) is 13.8 Å². The van der Waals surface area contributed by atoms with Gasteiger partial charge in [-0.2, -0.15) is 0 Å². The SMILES string of the molecule is C.CC[C@H]1OC(=O)[C@H](C)C(=O)[C@H](C)[C@@H](O[C@@H]2OC(C)CC(N(C)C)C2O)[C@](C)(OC)C[C@@H](C)CN[C@H](CCN[C@H](CC(C)=O)C(=O)OC(C)(C)C)[C@H]2N(CCCCn3cc(-c4cccc(N)c4)nn3)C(=O)O[C@]12C. The predicted molar refractivity (Wildman–Crippen MR) is 281 cm³/mol. The van der Waals surface area contributed by atoms with Crippen molar-refractivity contribution >= 4 is 35.3 Å². The van der Waals surface area contributed by atoms with Gasteiger partial charge >= 0.3 is 18.0 Å². The Morgan fingerprint density at radius 2 is 1.78 bits per heavy atom. The Bertz CT molecular complexity index is 2190. The molecular formula is C54H90N8O12. The van der Waals surface area contributed by atoms with Crippen LogP contribution < -0.4 is 16.4 Å². The third kappa shape index (κ3) is 15.5. The Morgan fingerprint density at radius 3 is 2.41 bits per heavy atom. The number of amides is 1. The molecule has 3 saturated heterocycles. The van der Waals surface area contributed by atoms with Crippen molar-refractivity contribution in [1.82, 2.24) is 35.4 Å². The fourth-order valence-electron chi connectivity index (χ4n) is 10.8. The van der Waals surface area contributed by atoms with Gasteiger partial charge in [0.15, 0.2) is 17.7 Å². The van der Waals surface area contributed by atoms with E-state index in [4.69, 9.17) is 34.2 Å². The first-order valence-corrected chi connectivity index (χ1v) is 26.1. The number of rotatable bonds is 18. The molecule has 20 nitrogen and oxygen atoms in total. The van der Waals surface area contributed by atoms with Crippen molar-refractivity contribution in [2.75, 3.05) is 46.6 Å². The van der Waals surface area contributed by atoms with E-state index >= 15 is 0 Å². The Labute approximate surface area is 439 Å². The molecule has 1 aromatic heterocycles. The number of aliphatic hydroxyl groups excluding tert-OH is 1. The number of likely N-dealkylation sites (N-methyl/N-ethyl adjacent to an activating group) is 1. The van der Waals surface area contributed by atoms with Crippen LogP contribution in [0.4, 0.5) is 10.5 Å². The summed E-state index contributed by atoms with van der Waals surface area (Å²) in [6.45, 7) is 20.7. The van der Waals surface area contributed by atoms with Gasteiger partial charge < -0.3 is 54.8 Å². The molecule has 0 bridgehead atoms. The smallest absolute Gasteiger partial charge is 0.410 e. The highest BCUT2D eigenvalue weighted by atomic mass is 16.7. The molecule has 0 saturated carbocycles. The van der Waals surface area contributed by atoms with Gasteiger partial charge in [0.25, 0.3) is 0 Å². The molecule has 1 aromatic carbocycles. The van der Waals surface area contributed by atoms with Crippen LogP contribution in [0.3, 0.4) is 0 Å². The fourth-order valence-corrected chi connectivity index (χ4v) is 10.8. The molecule has 3 aliphatic heterocycles. The lowest BCUT2D eigenvalue weighted by Gasteiger charge is -2.46. The number of esters is 2. The first-order valence-electron chi connectivity index (χ1n) is 26.1. The number of unbranched alkanes of at least 4 members (excludes halogenated alkanes) is 1. The number of benzene rings is 1. The summed E-state index contributed by atoms with van der Waals surface area (Å²) in [6, 6.07) is 4.87. The number of ketones is 2. The highest BCUT2D eigenvalue weighted by Crippen LogP contribution is 2.41. The van der Waals surface area contributed by atoms with Gasteiger partial charge in [0.2, 0.25) is 0 Å². The van der Waals surface area contributed by atoms with Gasteiger partial charge in [0, 0.05) is 55.9 Å². The predicted octanol–water partition coefficient (Wildman–Crippen LogP) is 5.57. The number of nitrogens with one attached hydrogen (secondary N) is 2. The zero-order chi connectivity index (χ0) is 54.2. The minimum absolute atomic E-state index is 0. The maximum absolute atomic E-state index is 14.7. The molecular weight excluding hydrogens is 953 g/mol. The summed E-state index contributed by atoms with van der Waals surface area (Å²) in [5, 5.41) is 27.4. The van der Waals surface area contributed by atoms with E-state index in [2.05, 4.69) is 20.9 Å². The molecule has 4 heterocycles. The second-order valence-corrected chi connectivity index (χ2v) is 22.3. The van der Waals surface area contributed by atoms with Crippen molar-refractivity contribution < 1.29 is 57.5 Å². The van der Waals surface area contributed by atoms with Crippen molar-refractivity contribution in [3.8, 4) is 11.3 Å². The largest absolute Gasteiger partial charge is 0.459 e. The number of carbonyl (C=O) groups excluding carboxylic acids is 5. The molecule has 2 aromatic rings. The van der Waals surface area contributed by atoms with Crippen molar-refractivity contribution in [1.29, 1.82) is 0 Å². The molecule has 3 unspecified atom stereocenters. The number of aryl methyl sites for hydroxylation is 1. The topological polar surface area (TPSA) is 248 Å². The Hall–Kier alpha value is -4.57. The highest BCUT2D eigenvalue weighted by molar-refractivity contribution is 6.00. The zero-order valence-electron chi connectivity index (χ0n) is 45.8. The third-order valence-corrected chi connectivity index (χ3v) is 14.7. The monoisotopic (exact) mass is 1040 g/mol. The molecule has 3 fully saturated rings. The average molecular weight is 1040 g/mol. The number of nitrogens with two attached hydrogens (primary N) is 1. The van der Waals surface area contributed by atoms with Crippen LogP contribution in [0.5, 0.6) is 0 Å². The van der Waals surface area contributed by atoms with Gasteiger partial charge in [-0.05, 0) is 139 Å². The number of Topliss-reactive ketones (excluding diaryl/α,β-unsaturated/α-hetero) is 2. The zero-order valence-corrected chi connectivity index (χ0v) is 45.8. The van der Waals surface area contributed by atoms with Gasteiger partial charge in [-0.3, -0.25) is 28.8 Å². The normalized spacial score (nSPS) is 31.9. The number of carbonyl (C=O) groups is 5. The number of nitrogen functional groups attached to an aromatic ring is 1. The number of ether oxygens (including phenoxy) is 6. The van der Waals surface area contributed by atoms with Crippen LogP contribution in [0.1, 0.15) is 129 Å². The molecule has 0 spiro atoms. The molecule has 5 N–H and O–H groups in total. The van der Waals surface area contributed by atoms with Crippen LogP contribution in [0, 0.1) is 17.8 Å². The first-order chi connectivity index (χ1) is 34.2. The van der Waals surface area contributed by atoms with Gasteiger partial charge in [-0.25, -0.2) is 4.79 Å². The summed E-state index contributed by atoms with van der Waals surface area (Å²) in [5.41, 5.74) is 4.75. The highest BCUT2D eigenvalue weighted by Gasteiger charge is 2.59. The number of hydrogen-bond acceptors (Lipinski definition) is 18. The van der Waals surface area contributed by atoms with E-state index in [1.54, 1.807) is 57.4 Å². The van der Waals surface area contributed by atoms with E-state index in [9.17, 15) is 29.1 Å².